The number of carbonyl (C=O) groups excluding carboxylic acids is 1. The third-order valence-corrected chi connectivity index (χ3v) is 5.23. The predicted octanol–water partition coefficient (Wildman–Crippen LogP) is 3.72. The van der Waals surface area contributed by atoms with Crippen LogP contribution in [-0.2, 0) is 0 Å². The van der Waals surface area contributed by atoms with Crippen LogP contribution in [0.4, 0.5) is 0 Å². The molecule has 0 aromatic heterocycles. The Bertz CT molecular complexity index is 540. The molecule has 1 aromatic rings. The molecule has 1 aliphatic heterocycles. The maximum absolute atomic E-state index is 12.4. The number of aromatic hydroxyl groups is 1. The first kappa shape index (κ1) is 13.1. The highest BCUT2D eigenvalue weighted by Gasteiger charge is 2.44. The molecule has 1 saturated heterocycles. The van der Waals surface area contributed by atoms with Crippen LogP contribution < -0.4 is 0 Å². The van der Waals surface area contributed by atoms with Crippen LogP contribution in [0.5, 0.6) is 5.75 Å². The second-order valence-electron chi connectivity index (χ2n) is 5.59. The Labute approximate surface area is 122 Å². The van der Waals surface area contributed by atoms with Crippen LogP contribution in [0.15, 0.2) is 12.1 Å². The first-order valence-electron chi connectivity index (χ1n) is 6.49. The summed E-state index contributed by atoms with van der Waals surface area (Å²) in [6, 6.07) is 3.09. The van der Waals surface area contributed by atoms with Crippen molar-refractivity contribution in [3.8, 4) is 5.75 Å². The van der Waals surface area contributed by atoms with Crippen LogP contribution >= 0.6 is 23.2 Å². The summed E-state index contributed by atoms with van der Waals surface area (Å²) in [4.78, 5) is 14.2. The number of rotatable bonds is 1. The second-order valence-corrected chi connectivity index (χ2v) is 6.37. The number of carbonyl (C=O) groups is 1. The van der Waals surface area contributed by atoms with Gasteiger partial charge in [0.1, 0.15) is 10.8 Å². The Morgan fingerprint density at radius 1 is 1.26 bits per heavy atom. The topological polar surface area (TPSA) is 40.5 Å². The summed E-state index contributed by atoms with van der Waals surface area (Å²) in [5.74, 6) is -0.367. The highest BCUT2D eigenvalue weighted by atomic mass is 35.5. The fourth-order valence-electron chi connectivity index (χ4n) is 3.08. The number of nitrogens with zero attached hydrogens (tertiary/aromatic N) is 1. The molecule has 1 aliphatic carbocycles. The summed E-state index contributed by atoms with van der Waals surface area (Å²) in [5, 5.41) is 10.2. The van der Waals surface area contributed by atoms with E-state index in [0.29, 0.717) is 5.41 Å². The van der Waals surface area contributed by atoms with E-state index in [9.17, 15) is 9.90 Å². The van der Waals surface area contributed by atoms with Gasteiger partial charge in [-0.05, 0) is 36.8 Å². The molecule has 2 fully saturated rings. The van der Waals surface area contributed by atoms with Crippen LogP contribution in [-0.4, -0.2) is 29.0 Å². The molecule has 0 radical (unpaired) electrons. The minimum absolute atomic E-state index is 0.0464. The minimum atomic E-state index is -0.214. The lowest BCUT2D eigenvalue weighted by Crippen LogP contribution is -2.35. The van der Waals surface area contributed by atoms with Crippen molar-refractivity contribution < 1.29 is 9.90 Å². The Balaban J connectivity index is 1.83. The molecule has 1 saturated carbocycles. The van der Waals surface area contributed by atoms with Crippen molar-refractivity contribution in [1.29, 1.82) is 0 Å². The third kappa shape index (κ3) is 2.09. The normalized spacial score (nSPS) is 20.6. The van der Waals surface area contributed by atoms with Crippen molar-refractivity contribution >= 4 is 29.1 Å². The van der Waals surface area contributed by atoms with Crippen molar-refractivity contribution in [2.45, 2.75) is 25.7 Å². The van der Waals surface area contributed by atoms with E-state index in [1.807, 2.05) is 4.90 Å². The fraction of sp³-hybridized carbons (Fsp3) is 0.500. The largest absolute Gasteiger partial charge is 0.505 e. The number of phenolic OH excluding ortho intramolecular Hbond substituents is 1. The van der Waals surface area contributed by atoms with Crippen LogP contribution in [0.1, 0.15) is 36.0 Å². The lowest BCUT2D eigenvalue weighted by molar-refractivity contribution is 0.0729. The first-order valence-corrected chi connectivity index (χ1v) is 7.24. The Hall–Kier alpha value is -0.930. The van der Waals surface area contributed by atoms with Gasteiger partial charge < -0.3 is 10.0 Å². The van der Waals surface area contributed by atoms with Gasteiger partial charge in [0.05, 0.1) is 10.6 Å². The van der Waals surface area contributed by atoms with Crippen LogP contribution in [0, 0.1) is 5.41 Å². The average Bonchev–Trinajstić information content (AvgIpc) is 2.81. The van der Waals surface area contributed by atoms with Gasteiger partial charge in [-0.2, -0.15) is 0 Å². The fourth-order valence-corrected chi connectivity index (χ4v) is 3.39. The lowest BCUT2D eigenvalue weighted by Gasteiger charge is -2.37. The summed E-state index contributed by atoms with van der Waals surface area (Å²) in [7, 11) is 0. The summed E-state index contributed by atoms with van der Waals surface area (Å²) in [6.07, 6.45) is 4.76. The summed E-state index contributed by atoms with van der Waals surface area (Å²) in [6.45, 7) is 1.56. The van der Waals surface area contributed by atoms with Gasteiger partial charge in [-0.3, -0.25) is 4.79 Å². The van der Waals surface area contributed by atoms with E-state index in [2.05, 4.69) is 0 Å². The number of benzene rings is 1. The van der Waals surface area contributed by atoms with Gasteiger partial charge in [-0.25, -0.2) is 0 Å². The van der Waals surface area contributed by atoms with Crippen molar-refractivity contribution in [3.05, 3.63) is 27.7 Å². The van der Waals surface area contributed by atoms with Gasteiger partial charge in [-0.15, -0.1) is 0 Å². The smallest absolute Gasteiger partial charge is 0.257 e. The molecule has 1 aromatic carbocycles. The highest BCUT2D eigenvalue weighted by Crippen LogP contribution is 2.48. The third-order valence-electron chi connectivity index (χ3n) is 4.44. The Morgan fingerprint density at radius 3 is 2.58 bits per heavy atom. The van der Waals surface area contributed by atoms with E-state index in [1.165, 1.54) is 25.3 Å². The minimum Gasteiger partial charge on any atom is -0.505 e. The average molecular weight is 300 g/mol. The zero-order chi connectivity index (χ0) is 13.6. The number of halogens is 2. The van der Waals surface area contributed by atoms with E-state index < -0.39 is 0 Å². The molecule has 1 spiro atoms. The van der Waals surface area contributed by atoms with Crippen LogP contribution in [0.25, 0.3) is 0 Å². The summed E-state index contributed by atoms with van der Waals surface area (Å²) >= 11 is 11.7. The van der Waals surface area contributed by atoms with Gasteiger partial charge in [0.25, 0.3) is 5.91 Å². The molecule has 0 atom stereocenters. The zero-order valence-electron chi connectivity index (χ0n) is 10.5. The highest BCUT2D eigenvalue weighted by molar-refractivity contribution is 6.43. The van der Waals surface area contributed by atoms with E-state index >= 15 is 0 Å². The SMILES string of the molecule is O=C(c1ccc(Cl)c(Cl)c1O)N1CCC2(CCC2)C1. The monoisotopic (exact) mass is 299 g/mol. The summed E-state index contributed by atoms with van der Waals surface area (Å²) in [5.41, 5.74) is 0.590. The molecule has 1 amide bonds. The van der Waals surface area contributed by atoms with E-state index in [4.69, 9.17) is 23.2 Å². The molecule has 102 valence electrons. The number of amides is 1. The standard InChI is InChI=1S/C14H15Cl2NO2/c15-10-3-2-9(12(18)11(10)16)13(19)17-7-6-14(8-17)4-1-5-14/h2-3,18H,1,4-8H2. The maximum Gasteiger partial charge on any atom is 0.257 e. The quantitative estimate of drug-likeness (QED) is 0.858. The van der Waals surface area contributed by atoms with E-state index in [1.54, 1.807) is 6.07 Å². The van der Waals surface area contributed by atoms with Gasteiger partial charge >= 0.3 is 0 Å². The van der Waals surface area contributed by atoms with Gasteiger partial charge in [0.2, 0.25) is 0 Å². The molecule has 19 heavy (non-hydrogen) atoms. The first-order chi connectivity index (χ1) is 9.02. The molecule has 2 aliphatic rings. The lowest BCUT2D eigenvalue weighted by atomic mass is 9.68. The van der Waals surface area contributed by atoms with Crippen molar-refractivity contribution in [2.75, 3.05) is 13.1 Å². The van der Waals surface area contributed by atoms with Gasteiger partial charge in [0.15, 0.2) is 0 Å². The van der Waals surface area contributed by atoms with Crippen molar-refractivity contribution in [2.24, 2.45) is 5.41 Å². The van der Waals surface area contributed by atoms with E-state index in [0.717, 1.165) is 19.5 Å². The molecule has 1 heterocycles. The number of hydrogen-bond acceptors (Lipinski definition) is 2. The van der Waals surface area contributed by atoms with E-state index in [-0.39, 0.29) is 27.3 Å². The maximum atomic E-state index is 12.4. The molecular formula is C14H15Cl2NO2. The van der Waals surface area contributed by atoms with Gasteiger partial charge in [0, 0.05) is 13.1 Å². The Kier molecular flexibility index (Phi) is 3.14. The second kappa shape index (κ2) is 4.57. The van der Waals surface area contributed by atoms with Gasteiger partial charge in [-0.1, -0.05) is 29.6 Å². The molecule has 1 N–H and O–H groups in total. The van der Waals surface area contributed by atoms with Crippen molar-refractivity contribution in [1.82, 2.24) is 4.90 Å². The van der Waals surface area contributed by atoms with Crippen molar-refractivity contribution in [3.63, 3.8) is 0 Å². The van der Waals surface area contributed by atoms with Crippen LogP contribution in [0.3, 0.4) is 0 Å². The number of likely N-dealkylation sites (tertiary alicyclic amines) is 1. The molecule has 0 bridgehead atoms. The molecule has 3 rings (SSSR count). The number of phenols is 1. The molecular weight excluding hydrogens is 285 g/mol. The molecule has 0 unspecified atom stereocenters. The number of hydrogen-bond donors (Lipinski definition) is 1. The summed E-state index contributed by atoms with van der Waals surface area (Å²) < 4.78 is 0. The predicted molar refractivity (Wildman–Crippen MR) is 74.9 cm³/mol. The zero-order valence-corrected chi connectivity index (χ0v) is 12.0. The Morgan fingerprint density at radius 2 is 2.00 bits per heavy atom. The van der Waals surface area contributed by atoms with Crippen LogP contribution in [0.2, 0.25) is 10.0 Å². The molecule has 5 heteroatoms. The molecule has 3 nitrogen and oxygen atoms in total.